The van der Waals surface area contributed by atoms with E-state index in [2.05, 4.69) is 5.32 Å². The highest BCUT2D eigenvalue weighted by Crippen LogP contribution is 2.13. The summed E-state index contributed by atoms with van der Waals surface area (Å²) >= 11 is 0. The molecule has 2 aromatic carbocycles. The van der Waals surface area contributed by atoms with Crippen LogP contribution in [0.3, 0.4) is 0 Å². The van der Waals surface area contributed by atoms with Gasteiger partial charge in [-0.1, -0.05) is 42.5 Å². The molecule has 98 valence electrons. The molecule has 0 aliphatic carbocycles. The van der Waals surface area contributed by atoms with Crippen molar-refractivity contribution in [3.05, 3.63) is 65.7 Å². The minimum atomic E-state index is -0.677. The number of methoxy groups -OCH3 is 1. The van der Waals surface area contributed by atoms with Crippen LogP contribution in [0.1, 0.15) is 15.9 Å². The van der Waals surface area contributed by atoms with E-state index in [0.29, 0.717) is 5.56 Å². The third kappa shape index (κ3) is 3.42. The average Bonchev–Trinajstić information content (AvgIpc) is 2.45. The van der Waals surface area contributed by atoms with E-state index in [1.807, 2.05) is 49.4 Å². The summed E-state index contributed by atoms with van der Waals surface area (Å²) in [5.74, 6) is -0.0791. The number of anilines is 1. The predicted molar refractivity (Wildman–Crippen MR) is 76.4 cm³/mol. The number of hydrogen-bond acceptors (Lipinski definition) is 3. The van der Waals surface area contributed by atoms with E-state index in [0.717, 1.165) is 11.3 Å². The van der Waals surface area contributed by atoms with Gasteiger partial charge in [-0.15, -0.1) is 0 Å². The summed E-state index contributed by atoms with van der Waals surface area (Å²) in [7, 11) is 1.52. The quantitative estimate of drug-likeness (QED) is 0.658. The number of rotatable bonds is 5. The van der Waals surface area contributed by atoms with E-state index >= 15 is 0 Å². The van der Waals surface area contributed by atoms with Gasteiger partial charge in [-0.3, -0.25) is 4.79 Å². The normalized spacial score (nSPS) is 11.9. The van der Waals surface area contributed by atoms with E-state index in [4.69, 9.17) is 4.74 Å². The Bertz CT molecular complexity index is 552. The Morgan fingerprint density at radius 3 is 2.47 bits per heavy atom. The fourth-order valence-electron chi connectivity index (χ4n) is 1.87. The molecule has 1 atom stereocenters. The highest BCUT2D eigenvalue weighted by atomic mass is 16.5. The van der Waals surface area contributed by atoms with Gasteiger partial charge in [0.15, 0.2) is 6.23 Å². The van der Waals surface area contributed by atoms with Gasteiger partial charge in [-0.25, -0.2) is 0 Å². The van der Waals surface area contributed by atoms with Crippen LogP contribution < -0.4 is 5.32 Å². The summed E-state index contributed by atoms with van der Waals surface area (Å²) in [6.45, 7) is 2.01. The van der Waals surface area contributed by atoms with Crippen molar-refractivity contribution in [2.75, 3.05) is 12.4 Å². The van der Waals surface area contributed by atoms with Gasteiger partial charge < -0.3 is 10.1 Å². The van der Waals surface area contributed by atoms with Gasteiger partial charge in [0.2, 0.25) is 5.78 Å². The minimum absolute atomic E-state index is 0.0791. The largest absolute Gasteiger partial charge is 0.354 e. The zero-order valence-corrected chi connectivity index (χ0v) is 11.1. The number of ketones is 1. The Balaban J connectivity index is 2.15. The first-order chi connectivity index (χ1) is 9.20. The summed E-state index contributed by atoms with van der Waals surface area (Å²) in [4.78, 5) is 12.3. The first-order valence-electron chi connectivity index (χ1n) is 6.16. The van der Waals surface area contributed by atoms with E-state index in [1.54, 1.807) is 12.1 Å². The van der Waals surface area contributed by atoms with Crippen molar-refractivity contribution in [2.24, 2.45) is 0 Å². The van der Waals surface area contributed by atoms with Gasteiger partial charge in [0, 0.05) is 18.4 Å². The summed E-state index contributed by atoms with van der Waals surface area (Å²) < 4.78 is 5.25. The van der Waals surface area contributed by atoms with Gasteiger partial charge in [0.25, 0.3) is 0 Å². The molecule has 0 aliphatic heterocycles. The monoisotopic (exact) mass is 255 g/mol. The lowest BCUT2D eigenvalue weighted by Gasteiger charge is -2.17. The van der Waals surface area contributed by atoms with Crippen molar-refractivity contribution in [2.45, 2.75) is 13.2 Å². The lowest BCUT2D eigenvalue weighted by molar-refractivity contribution is 0.0677. The summed E-state index contributed by atoms with van der Waals surface area (Å²) in [6, 6.07) is 17.0. The van der Waals surface area contributed by atoms with Crippen molar-refractivity contribution >= 4 is 11.5 Å². The second-order valence-corrected chi connectivity index (χ2v) is 4.36. The van der Waals surface area contributed by atoms with E-state index < -0.39 is 6.23 Å². The standard InChI is InChI=1S/C16H17NO2/c1-12-7-6-10-14(11-12)17-16(19-2)15(18)13-8-4-3-5-9-13/h3-11,16-17H,1-2H3. The average molecular weight is 255 g/mol. The summed E-state index contributed by atoms with van der Waals surface area (Å²) in [5, 5.41) is 3.10. The number of benzene rings is 2. The Morgan fingerprint density at radius 1 is 1.11 bits per heavy atom. The maximum atomic E-state index is 12.3. The number of ether oxygens (including phenoxy) is 1. The molecule has 19 heavy (non-hydrogen) atoms. The molecule has 3 heteroatoms. The molecule has 2 rings (SSSR count). The molecule has 0 amide bonds. The van der Waals surface area contributed by atoms with Gasteiger partial charge in [0.1, 0.15) is 0 Å². The molecule has 0 spiro atoms. The van der Waals surface area contributed by atoms with Gasteiger partial charge in [0.05, 0.1) is 0 Å². The molecular weight excluding hydrogens is 238 g/mol. The molecular formula is C16H17NO2. The summed E-state index contributed by atoms with van der Waals surface area (Å²) in [6.07, 6.45) is -0.677. The minimum Gasteiger partial charge on any atom is -0.354 e. The smallest absolute Gasteiger partial charge is 0.211 e. The third-order valence-corrected chi connectivity index (χ3v) is 2.85. The number of carbonyl (C=O) groups excluding carboxylic acids is 1. The van der Waals surface area contributed by atoms with Crippen molar-refractivity contribution in [1.29, 1.82) is 0 Å². The molecule has 0 saturated carbocycles. The highest BCUT2D eigenvalue weighted by molar-refractivity contribution is 6.00. The van der Waals surface area contributed by atoms with Crippen LogP contribution in [0.25, 0.3) is 0 Å². The lowest BCUT2D eigenvalue weighted by atomic mass is 10.1. The molecule has 3 nitrogen and oxygen atoms in total. The highest BCUT2D eigenvalue weighted by Gasteiger charge is 2.18. The van der Waals surface area contributed by atoms with Crippen LogP contribution >= 0.6 is 0 Å². The predicted octanol–water partition coefficient (Wildman–Crippen LogP) is 3.26. The molecule has 1 N–H and O–H groups in total. The van der Waals surface area contributed by atoms with Crippen molar-refractivity contribution in [1.82, 2.24) is 0 Å². The number of hydrogen-bond donors (Lipinski definition) is 1. The van der Waals surface area contributed by atoms with Crippen LogP contribution in [-0.2, 0) is 4.74 Å². The summed E-state index contributed by atoms with van der Waals surface area (Å²) in [5.41, 5.74) is 2.64. The Labute approximate surface area is 113 Å². The molecule has 0 radical (unpaired) electrons. The van der Waals surface area contributed by atoms with Crippen LogP contribution in [0.2, 0.25) is 0 Å². The van der Waals surface area contributed by atoms with Gasteiger partial charge >= 0.3 is 0 Å². The maximum absolute atomic E-state index is 12.3. The number of Topliss-reactive ketones (excluding diaryl/α,β-unsaturated/α-hetero) is 1. The topological polar surface area (TPSA) is 38.3 Å². The molecule has 0 heterocycles. The van der Waals surface area contributed by atoms with Crippen LogP contribution in [-0.4, -0.2) is 19.1 Å². The molecule has 0 aromatic heterocycles. The van der Waals surface area contributed by atoms with Crippen LogP contribution in [0.15, 0.2) is 54.6 Å². The first-order valence-corrected chi connectivity index (χ1v) is 6.16. The fourth-order valence-corrected chi connectivity index (χ4v) is 1.87. The zero-order valence-electron chi connectivity index (χ0n) is 11.1. The molecule has 0 saturated heterocycles. The second kappa shape index (κ2) is 6.16. The number of nitrogens with one attached hydrogen (secondary N) is 1. The van der Waals surface area contributed by atoms with E-state index in [1.165, 1.54) is 7.11 Å². The lowest BCUT2D eigenvalue weighted by Crippen LogP contribution is -2.31. The molecule has 2 aromatic rings. The first kappa shape index (κ1) is 13.3. The Hall–Kier alpha value is -2.13. The van der Waals surface area contributed by atoms with Gasteiger partial charge in [-0.05, 0) is 24.6 Å². The molecule has 0 bridgehead atoms. The van der Waals surface area contributed by atoms with E-state index in [9.17, 15) is 4.79 Å². The third-order valence-electron chi connectivity index (χ3n) is 2.85. The van der Waals surface area contributed by atoms with Crippen LogP contribution in [0.5, 0.6) is 0 Å². The molecule has 0 aliphatic rings. The Morgan fingerprint density at radius 2 is 1.84 bits per heavy atom. The van der Waals surface area contributed by atoms with Crippen molar-refractivity contribution < 1.29 is 9.53 Å². The van der Waals surface area contributed by atoms with Crippen molar-refractivity contribution in [3.8, 4) is 0 Å². The number of aryl methyl sites for hydroxylation is 1. The molecule has 0 fully saturated rings. The SMILES string of the molecule is COC(Nc1cccc(C)c1)C(=O)c1ccccc1. The van der Waals surface area contributed by atoms with Crippen LogP contribution in [0.4, 0.5) is 5.69 Å². The maximum Gasteiger partial charge on any atom is 0.211 e. The Kier molecular flexibility index (Phi) is 4.31. The zero-order chi connectivity index (χ0) is 13.7. The van der Waals surface area contributed by atoms with Crippen LogP contribution in [0, 0.1) is 6.92 Å². The second-order valence-electron chi connectivity index (χ2n) is 4.36. The number of carbonyl (C=O) groups is 1. The fraction of sp³-hybridized carbons (Fsp3) is 0.188. The van der Waals surface area contributed by atoms with E-state index in [-0.39, 0.29) is 5.78 Å². The molecule has 1 unspecified atom stereocenters. The van der Waals surface area contributed by atoms with Gasteiger partial charge in [-0.2, -0.15) is 0 Å². The van der Waals surface area contributed by atoms with Crippen molar-refractivity contribution in [3.63, 3.8) is 0 Å².